The molecule has 1 N–H and O–H groups in total. The van der Waals surface area contributed by atoms with Crippen molar-refractivity contribution in [1.82, 2.24) is 4.98 Å². The van der Waals surface area contributed by atoms with Gasteiger partial charge in [0.1, 0.15) is 0 Å². The van der Waals surface area contributed by atoms with E-state index >= 15 is 0 Å². The van der Waals surface area contributed by atoms with E-state index in [-0.39, 0.29) is 5.91 Å². The molecule has 1 aliphatic rings. The van der Waals surface area contributed by atoms with Gasteiger partial charge in [-0.1, -0.05) is 6.92 Å². The van der Waals surface area contributed by atoms with Crippen LogP contribution in [0.3, 0.4) is 0 Å². The zero-order chi connectivity index (χ0) is 14.8. The van der Waals surface area contributed by atoms with Crippen LogP contribution in [0.25, 0.3) is 0 Å². The number of aryl methyl sites for hydroxylation is 1. The summed E-state index contributed by atoms with van der Waals surface area (Å²) in [5.41, 5.74) is 2.22. The van der Waals surface area contributed by atoms with Crippen molar-refractivity contribution in [3.05, 3.63) is 46.0 Å². The number of nitrogens with zero attached hydrogens (tertiary/aromatic N) is 2. The highest BCUT2D eigenvalue weighted by Gasteiger charge is 2.20. The first-order valence-corrected chi connectivity index (χ1v) is 7.77. The maximum Gasteiger partial charge on any atom is 0.257 e. The third kappa shape index (κ3) is 2.96. The maximum absolute atomic E-state index is 12.2. The molecule has 5 heteroatoms. The Balaban J connectivity index is 1.74. The van der Waals surface area contributed by atoms with Gasteiger partial charge in [0.05, 0.1) is 17.3 Å². The SMILES string of the molecule is C[C@H]1CCc2nc(NC(=O)c3ccc(C#N)cc3)sc2C1. The van der Waals surface area contributed by atoms with E-state index in [9.17, 15) is 4.79 Å². The monoisotopic (exact) mass is 297 g/mol. The molecule has 0 saturated carbocycles. The first-order valence-electron chi connectivity index (χ1n) is 6.96. The van der Waals surface area contributed by atoms with Gasteiger partial charge in [-0.2, -0.15) is 5.26 Å². The van der Waals surface area contributed by atoms with E-state index in [1.807, 2.05) is 6.07 Å². The van der Waals surface area contributed by atoms with Crippen molar-refractivity contribution in [3.8, 4) is 6.07 Å². The van der Waals surface area contributed by atoms with Gasteiger partial charge in [-0.25, -0.2) is 4.98 Å². The first-order chi connectivity index (χ1) is 10.2. The quantitative estimate of drug-likeness (QED) is 0.924. The number of benzene rings is 1. The Labute approximate surface area is 127 Å². The van der Waals surface area contributed by atoms with Crippen molar-refractivity contribution < 1.29 is 4.79 Å². The summed E-state index contributed by atoms with van der Waals surface area (Å²) in [6.45, 7) is 2.25. The van der Waals surface area contributed by atoms with Gasteiger partial charge in [-0.3, -0.25) is 10.1 Å². The molecule has 1 aliphatic carbocycles. The highest BCUT2D eigenvalue weighted by atomic mass is 32.1. The molecule has 21 heavy (non-hydrogen) atoms. The highest BCUT2D eigenvalue weighted by Crippen LogP contribution is 2.32. The van der Waals surface area contributed by atoms with Crippen molar-refractivity contribution in [2.45, 2.75) is 26.2 Å². The molecule has 4 nitrogen and oxygen atoms in total. The van der Waals surface area contributed by atoms with Gasteiger partial charge in [0.15, 0.2) is 5.13 Å². The molecule has 0 fully saturated rings. The number of rotatable bonds is 2. The lowest BCUT2D eigenvalue weighted by atomic mass is 9.93. The number of aromatic nitrogens is 1. The van der Waals surface area contributed by atoms with E-state index < -0.39 is 0 Å². The van der Waals surface area contributed by atoms with Crippen molar-refractivity contribution >= 4 is 22.4 Å². The third-order valence-corrected chi connectivity index (χ3v) is 4.72. The van der Waals surface area contributed by atoms with Crippen molar-refractivity contribution in [1.29, 1.82) is 5.26 Å². The van der Waals surface area contributed by atoms with Gasteiger partial charge in [0, 0.05) is 10.4 Å². The molecule has 0 aliphatic heterocycles. The van der Waals surface area contributed by atoms with Crippen LogP contribution in [0.1, 0.15) is 39.8 Å². The Kier molecular flexibility index (Phi) is 3.72. The van der Waals surface area contributed by atoms with Crippen molar-refractivity contribution in [2.75, 3.05) is 5.32 Å². The minimum Gasteiger partial charge on any atom is -0.298 e. The topological polar surface area (TPSA) is 65.8 Å². The second-order valence-electron chi connectivity index (χ2n) is 5.38. The summed E-state index contributed by atoms with van der Waals surface area (Å²) in [5.74, 6) is 0.513. The Bertz CT molecular complexity index is 712. The van der Waals surface area contributed by atoms with Crippen LogP contribution >= 0.6 is 11.3 Å². The van der Waals surface area contributed by atoms with Crippen LogP contribution in [-0.2, 0) is 12.8 Å². The Morgan fingerprint density at radius 3 is 2.90 bits per heavy atom. The minimum absolute atomic E-state index is 0.182. The van der Waals surface area contributed by atoms with Crippen molar-refractivity contribution in [2.24, 2.45) is 5.92 Å². The lowest BCUT2D eigenvalue weighted by Gasteiger charge is -2.15. The zero-order valence-electron chi connectivity index (χ0n) is 11.7. The molecular formula is C16H15N3OS. The van der Waals surface area contributed by atoms with E-state index in [4.69, 9.17) is 5.26 Å². The predicted octanol–water partition coefficient (Wildman–Crippen LogP) is 3.39. The predicted molar refractivity (Wildman–Crippen MR) is 82.4 cm³/mol. The van der Waals surface area contributed by atoms with E-state index in [1.165, 1.54) is 11.3 Å². The molecule has 1 aromatic carbocycles. The lowest BCUT2D eigenvalue weighted by Crippen LogP contribution is -2.12. The molecule has 0 bridgehead atoms. The van der Waals surface area contributed by atoms with E-state index in [2.05, 4.69) is 17.2 Å². The van der Waals surface area contributed by atoms with Gasteiger partial charge in [0.2, 0.25) is 0 Å². The number of nitriles is 1. The molecule has 1 amide bonds. The van der Waals surface area contributed by atoms with Crippen LogP contribution in [0.2, 0.25) is 0 Å². The normalized spacial score (nSPS) is 16.9. The second-order valence-corrected chi connectivity index (χ2v) is 6.46. The molecule has 0 spiro atoms. The molecule has 0 unspecified atom stereocenters. The van der Waals surface area contributed by atoms with Crippen LogP contribution in [-0.4, -0.2) is 10.9 Å². The fourth-order valence-corrected chi connectivity index (χ4v) is 3.63. The van der Waals surface area contributed by atoms with Gasteiger partial charge in [-0.15, -0.1) is 11.3 Å². The highest BCUT2D eigenvalue weighted by molar-refractivity contribution is 7.15. The van der Waals surface area contributed by atoms with Crippen LogP contribution in [0, 0.1) is 17.2 Å². The smallest absolute Gasteiger partial charge is 0.257 e. The maximum atomic E-state index is 12.2. The van der Waals surface area contributed by atoms with Crippen molar-refractivity contribution in [3.63, 3.8) is 0 Å². The zero-order valence-corrected chi connectivity index (χ0v) is 12.5. The number of carbonyl (C=O) groups excluding carboxylic acids is 1. The minimum atomic E-state index is -0.182. The summed E-state index contributed by atoms with van der Waals surface area (Å²) in [4.78, 5) is 18.0. The molecule has 3 rings (SSSR count). The van der Waals surface area contributed by atoms with Crippen LogP contribution < -0.4 is 5.32 Å². The first kappa shape index (κ1) is 13.8. The average molecular weight is 297 g/mol. The van der Waals surface area contributed by atoms with Crippen LogP contribution in [0.15, 0.2) is 24.3 Å². The number of thiazole rings is 1. The summed E-state index contributed by atoms with van der Waals surface area (Å²) in [5, 5.41) is 12.3. The summed E-state index contributed by atoms with van der Waals surface area (Å²) >= 11 is 1.57. The third-order valence-electron chi connectivity index (χ3n) is 3.68. The lowest BCUT2D eigenvalue weighted by molar-refractivity contribution is 0.102. The van der Waals surface area contributed by atoms with Crippen LogP contribution in [0.5, 0.6) is 0 Å². The fraction of sp³-hybridized carbons (Fsp3) is 0.312. The summed E-state index contributed by atoms with van der Waals surface area (Å²) in [7, 11) is 0. The summed E-state index contributed by atoms with van der Waals surface area (Å²) in [6.07, 6.45) is 3.22. The molecule has 106 valence electrons. The van der Waals surface area contributed by atoms with E-state index in [0.29, 0.717) is 22.2 Å². The molecule has 1 atom stereocenters. The largest absolute Gasteiger partial charge is 0.298 e. The van der Waals surface area contributed by atoms with Crippen LogP contribution in [0.4, 0.5) is 5.13 Å². The molecule has 0 radical (unpaired) electrons. The standard InChI is InChI=1S/C16H15N3OS/c1-10-2-7-13-14(8-10)21-16(18-13)19-15(20)12-5-3-11(9-17)4-6-12/h3-6,10H,2,7-8H2,1H3,(H,18,19,20)/t10-/m0/s1. The Morgan fingerprint density at radius 2 is 2.19 bits per heavy atom. The van der Waals surface area contributed by atoms with E-state index in [1.54, 1.807) is 35.6 Å². The summed E-state index contributed by atoms with van der Waals surface area (Å²) < 4.78 is 0. The van der Waals surface area contributed by atoms with Gasteiger partial charge >= 0.3 is 0 Å². The van der Waals surface area contributed by atoms with Gasteiger partial charge in [0.25, 0.3) is 5.91 Å². The number of amides is 1. The molecule has 2 aromatic rings. The number of nitrogens with one attached hydrogen (secondary N) is 1. The number of hydrogen-bond donors (Lipinski definition) is 1. The molecule has 1 aromatic heterocycles. The number of hydrogen-bond acceptors (Lipinski definition) is 4. The number of fused-ring (bicyclic) bond motifs is 1. The number of anilines is 1. The Morgan fingerprint density at radius 1 is 1.43 bits per heavy atom. The van der Waals surface area contributed by atoms with Gasteiger partial charge < -0.3 is 0 Å². The molecular weight excluding hydrogens is 282 g/mol. The molecule has 1 heterocycles. The molecule has 0 saturated heterocycles. The number of carbonyl (C=O) groups is 1. The fourth-order valence-electron chi connectivity index (χ4n) is 2.46. The average Bonchev–Trinajstić information content (AvgIpc) is 2.88. The Hall–Kier alpha value is -2.19. The van der Waals surface area contributed by atoms with E-state index in [0.717, 1.165) is 18.5 Å². The van der Waals surface area contributed by atoms with Gasteiger partial charge in [-0.05, 0) is 49.4 Å². The summed E-state index contributed by atoms with van der Waals surface area (Å²) in [6, 6.07) is 8.63. The second kappa shape index (κ2) is 5.66.